The van der Waals surface area contributed by atoms with Crippen LogP contribution >= 0.6 is 11.6 Å². The van der Waals surface area contributed by atoms with Crippen molar-refractivity contribution in [3.05, 3.63) is 47.1 Å². The first-order valence-corrected chi connectivity index (χ1v) is 9.34. The van der Waals surface area contributed by atoms with Gasteiger partial charge in [0, 0.05) is 30.6 Å². The molecule has 1 aromatic carbocycles. The van der Waals surface area contributed by atoms with Crippen LogP contribution in [0.15, 0.2) is 36.5 Å². The SMILES string of the molecule is CCn1nccc1N1CCCC(NC(=O)CCc2ccccc2Cl)C1=O. The van der Waals surface area contributed by atoms with Gasteiger partial charge in [0.25, 0.3) is 5.91 Å². The average molecular weight is 375 g/mol. The van der Waals surface area contributed by atoms with Crippen LogP contribution < -0.4 is 10.2 Å². The predicted octanol–water partition coefficient (Wildman–Crippen LogP) is 2.80. The Labute approximate surface area is 158 Å². The maximum Gasteiger partial charge on any atom is 0.250 e. The molecule has 26 heavy (non-hydrogen) atoms. The van der Waals surface area contributed by atoms with Gasteiger partial charge in [0.1, 0.15) is 11.9 Å². The van der Waals surface area contributed by atoms with Crippen molar-refractivity contribution in [1.29, 1.82) is 0 Å². The van der Waals surface area contributed by atoms with E-state index in [2.05, 4.69) is 10.4 Å². The summed E-state index contributed by atoms with van der Waals surface area (Å²) in [6.07, 6.45) is 4.06. The first-order chi connectivity index (χ1) is 12.6. The molecule has 1 atom stereocenters. The van der Waals surface area contributed by atoms with Crippen LogP contribution in [0.25, 0.3) is 0 Å². The Hall–Kier alpha value is -2.34. The molecule has 0 radical (unpaired) electrons. The number of halogens is 1. The van der Waals surface area contributed by atoms with Crippen molar-refractivity contribution >= 4 is 29.2 Å². The molecule has 0 saturated carbocycles. The van der Waals surface area contributed by atoms with Gasteiger partial charge in [-0.05, 0) is 37.8 Å². The highest BCUT2D eigenvalue weighted by molar-refractivity contribution is 6.31. The normalized spacial score (nSPS) is 17.4. The molecule has 138 valence electrons. The van der Waals surface area contributed by atoms with Crippen LogP contribution in [0.1, 0.15) is 31.7 Å². The number of hydrogen-bond acceptors (Lipinski definition) is 3. The highest BCUT2D eigenvalue weighted by Gasteiger charge is 2.32. The number of carbonyl (C=O) groups is 2. The number of aryl methyl sites for hydroxylation is 2. The zero-order valence-corrected chi connectivity index (χ0v) is 15.6. The predicted molar refractivity (Wildman–Crippen MR) is 101 cm³/mol. The molecule has 1 fully saturated rings. The first-order valence-electron chi connectivity index (χ1n) is 8.96. The van der Waals surface area contributed by atoms with E-state index in [1.54, 1.807) is 15.8 Å². The molecule has 1 aliphatic rings. The van der Waals surface area contributed by atoms with E-state index in [-0.39, 0.29) is 11.8 Å². The molecule has 1 aromatic heterocycles. The van der Waals surface area contributed by atoms with Gasteiger partial charge in [-0.2, -0.15) is 5.10 Å². The van der Waals surface area contributed by atoms with Gasteiger partial charge in [0.15, 0.2) is 0 Å². The van der Waals surface area contributed by atoms with Gasteiger partial charge < -0.3 is 5.32 Å². The van der Waals surface area contributed by atoms with Crippen molar-refractivity contribution in [3.8, 4) is 0 Å². The molecule has 1 saturated heterocycles. The number of nitrogens with zero attached hydrogens (tertiary/aromatic N) is 3. The molecule has 2 heterocycles. The highest BCUT2D eigenvalue weighted by atomic mass is 35.5. The highest BCUT2D eigenvalue weighted by Crippen LogP contribution is 2.21. The van der Waals surface area contributed by atoms with Crippen molar-refractivity contribution in [2.24, 2.45) is 0 Å². The first kappa shape index (κ1) is 18.5. The lowest BCUT2D eigenvalue weighted by atomic mass is 10.0. The third-order valence-corrected chi connectivity index (χ3v) is 4.99. The second-order valence-corrected chi connectivity index (χ2v) is 6.76. The number of anilines is 1. The van der Waals surface area contributed by atoms with E-state index in [0.717, 1.165) is 17.8 Å². The number of rotatable bonds is 6. The summed E-state index contributed by atoms with van der Waals surface area (Å²) in [5.41, 5.74) is 0.938. The molecule has 1 N–H and O–H groups in total. The van der Waals surface area contributed by atoms with Gasteiger partial charge in [0.05, 0.1) is 6.20 Å². The van der Waals surface area contributed by atoms with Crippen molar-refractivity contribution in [1.82, 2.24) is 15.1 Å². The number of piperidine rings is 1. The van der Waals surface area contributed by atoms with E-state index in [1.807, 2.05) is 37.3 Å². The molecule has 0 aliphatic carbocycles. The number of aromatic nitrogens is 2. The minimum Gasteiger partial charge on any atom is -0.344 e. The summed E-state index contributed by atoms with van der Waals surface area (Å²) < 4.78 is 1.79. The summed E-state index contributed by atoms with van der Waals surface area (Å²) in [5, 5.41) is 7.77. The van der Waals surface area contributed by atoms with Crippen LogP contribution in [-0.2, 0) is 22.6 Å². The van der Waals surface area contributed by atoms with Crippen LogP contribution in [0.4, 0.5) is 5.82 Å². The van der Waals surface area contributed by atoms with E-state index in [1.165, 1.54) is 0 Å². The number of carbonyl (C=O) groups excluding carboxylic acids is 2. The third kappa shape index (κ3) is 4.07. The van der Waals surface area contributed by atoms with Crippen molar-refractivity contribution in [3.63, 3.8) is 0 Å². The molecule has 1 unspecified atom stereocenters. The lowest BCUT2D eigenvalue weighted by molar-refractivity contribution is -0.128. The monoisotopic (exact) mass is 374 g/mol. The Kier molecular flexibility index (Phi) is 5.93. The van der Waals surface area contributed by atoms with Crippen molar-refractivity contribution in [2.45, 2.75) is 45.2 Å². The Balaban J connectivity index is 1.59. The Bertz CT molecular complexity index is 789. The number of hydrogen-bond donors (Lipinski definition) is 1. The van der Waals surface area contributed by atoms with E-state index < -0.39 is 6.04 Å². The standard InChI is InChI=1S/C19H23ClN4O2/c1-2-24-18(11-12-21-24)23-13-5-8-16(19(23)26)22-17(25)10-9-14-6-3-4-7-15(14)20/h3-4,6-7,11-12,16H,2,5,8-10,13H2,1H3,(H,22,25). The fourth-order valence-electron chi connectivity index (χ4n) is 3.25. The van der Waals surface area contributed by atoms with Gasteiger partial charge >= 0.3 is 0 Å². The van der Waals surface area contributed by atoms with Gasteiger partial charge in [-0.1, -0.05) is 29.8 Å². The maximum atomic E-state index is 12.8. The lowest BCUT2D eigenvalue weighted by Crippen LogP contribution is -2.53. The molecule has 0 spiro atoms. The largest absolute Gasteiger partial charge is 0.344 e. The number of benzene rings is 1. The fourth-order valence-corrected chi connectivity index (χ4v) is 3.48. The van der Waals surface area contributed by atoms with Crippen LogP contribution in [0, 0.1) is 0 Å². The molecule has 2 amide bonds. The van der Waals surface area contributed by atoms with Crippen molar-refractivity contribution < 1.29 is 9.59 Å². The summed E-state index contributed by atoms with van der Waals surface area (Å²) in [4.78, 5) is 26.8. The Morgan fingerprint density at radius 3 is 2.92 bits per heavy atom. The number of nitrogens with one attached hydrogen (secondary N) is 1. The minimum absolute atomic E-state index is 0.0717. The van der Waals surface area contributed by atoms with Gasteiger partial charge in [-0.3, -0.25) is 14.5 Å². The minimum atomic E-state index is -0.484. The summed E-state index contributed by atoms with van der Waals surface area (Å²) in [5.74, 6) is 0.583. The van der Waals surface area contributed by atoms with Gasteiger partial charge in [-0.15, -0.1) is 0 Å². The second-order valence-electron chi connectivity index (χ2n) is 6.35. The lowest BCUT2D eigenvalue weighted by Gasteiger charge is -2.32. The number of amides is 2. The van der Waals surface area contributed by atoms with Gasteiger partial charge in [0.2, 0.25) is 5.91 Å². The topological polar surface area (TPSA) is 67.2 Å². The summed E-state index contributed by atoms with van der Waals surface area (Å²) >= 11 is 6.13. The Morgan fingerprint density at radius 1 is 1.35 bits per heavy atom. The molecule has 1 aliphatic heterocycles. The zero-order valence-electron chi connectivity index (χ0n) is 14.8. The van der Waals surface area contributed by atoms with Crippen LogP contribution in [0.3, 0.4) is 0 Å². The molecule has 6 nitrogen and oxygen atoms in total. The third-order valence-electron chi connectivity index (χ3n) is 4.62. The van der Waals surface area contributed by atoms with Crippen LogP contribution in [0.5, 0.6) is 0 Å². The van der Waals surface area contributed by atoms with E-state index >= 15 is 0 Å². The average Bonchev–Trinajstić information content (AvgIpc) is 3.11. The molecular weight excluding hydrogens is 352 g/mol. The molecule has 2 aromatic rings. The molecule has 3 rings (SSSR count). The second kappa shape index (κ2) is 8.36. The van der Waals surface area contributed by atoms with Crippen LogP contribution in [-0.4, -0.2) is 34.2 Å². The van der Waals surface area contributed by atoms with Crippen LogP contribution in [0.2, 0.25) is 5.02 Å². The summed E-state index contributed by atoms with van der Waals surface area (Å²) in [6, 6.07) is 8.84. The molecule has 7 heteroatoms. The van der Waals surface area contributed by atoms with E-state index in [0.29, 0.717) is 37.4 Å². The Morgan fingerprint density at radius 2 is 2.15 bits per heavy atom. The summed E-state index contributed by atoms with van der Waals surface area (Å²) in [7, 11) is 0. The molecular formula is C19H23ClN4O2. The van der Waals surface area contributed by atoms with Crippen molar-refractivity contribution in [2.75, 3.05) is 11.4 Å². The molecule has 0 bridgehead atoms. The van der Waals surface area contributed by atoms with E-state index in [4.69, 9.17) is 11.6 Å². The van der Waals surface area contributed by atoms with Gasteiger partial charge in [-0.25, -0.2) is 4.68 Å². The zero-order chi connectivity index (χ0) is 18.5. The fraction of sp³-hybridized carbons (Fsp3) is 0.421. The maximum absolute atomic E-state index is 12.8. The quantitative estimate of drug-likeness (QED) is 0.845. The van der Waals surface area contributed by atoms with E-state index in [9.17, 15) is 9.59 Å². The summed E-state index contributed by atoms with van der Waals surface area (Å²) in [6.45, 7) is 3.33. The smallest absolute Gasteiger partial charge is 0.250 e.